The van der Waals surface area contributed by atoms with Crippen molar-refractivity contribution in [2.24, 2.45) is 0 Å². The molecule has 1 amide bonds. The van der Waals surface area contributed by atoms with Crippen LogP contribution >= 0.6 is 0 Å². The first-order valence-corrected chi connectivity index (χ1v) is 14.9. The average molecular weight is 589 g/mol. The SMILES string of the molecule is [2H]C([2H])([2H])c1cc(CC23CCN(C(=O)C4(O)CCS(=O)(=O)CC4)C2CCc2cc(C(C)(F)C(F)(F)F)ccc23)ccc1F. The van der Waals surface area contributed by atoms with Crippen LogP contribution in [0, 0.1) is 12.7 Å². The number of alkyl halides is 4. The lowest BCUT2D eigenvalue weighted by molar-refractivity contribution is -0.228. The zero-order chi connectivity index (χ0) is 31.8. The normalized spacial score (nSPS) is 28.4. The van der Waals surface area contributed by atoms with Crippen molar-refractivity contribution in [1.29, 1.82) is 0 Å². The Bertz CT molecular complexity index is 1550. The van der Waals surface area contributed by atoms with Gasteiger partial charge in [0.25, 0.3) is 5.91 Å². The molecule has 3 aliphatic rings. The Morgan fingerprint density at radius 3 is 2.48 bits per heavy atom. The van der Waals surface area contributed by atoms with E-state index in [0.717, 1.165) is 12.1 Å². The fourth-order valence-electron chi connectivity index (χ4n) is 6.67. The molecule has 3 unspecified atom stereocenters. The Balaban J connectivity index is 1.59. The predicted molar refractivity (Wildman–Crippen MR) is 139 cm³/mol. The summed E-state index contributed by atoms with van der Waals surface area (Å²) in [7, 11) is -3.39. The van der Waals surface area contributed by atoms with Gasteiger partial charge in [-0.25, -0.2) is 17.2 Å². The number of nitrogens with zero attached hydrogens (tertiary/aromatic N) is 1. The molecular formula is C29H32F5NO4S. The zero-order valence-electron chi connectivity index (χ0n) is 24.8. The lowest BCUT2D eigenvalue weighted by Crippen LogP contribution is -2.57. The number of halogens is 5. The molecule has 0 bridgehead atoms. The molecule has 0 spiro atoms. The summed E-state index contributed by atoms with van der Waals surface area (Å²) in [6, 6.07) is 6.76. The first-order valence-electron chi connectivity index (χ1n) is 14.6. The third-order valence-corrected chi connectivity index (χ3v) is 10.7. The lowest BCUT2D eigenvalue weighted by Gasteiger charge is -2.45. The van der Waals surface area contributed by atoms with Gasteiger partial charge < -0.3 is 10.0 Å². The van der Waals surface area contributed by atoms with Crippen LogP contribution in [0.3, 0.4) is 0 Å². The highest BCUT2D eigenvalue weighted by Crippen LogP contribution is 2.51. The molecule has 2 aromatic rings. The maximum absolute atomic E-state index is 14.9. The topological polar surface area (TPSA) is 74.7 Å². The first-order chi connectivity index (χ1) is 19.7. The maximum Gasteiger partial charge on any atom is 0.426 e. The van der Waals surface area contributed by atoms with Crippen molar-refractivity contribution < 1.29 is 44.4 Å². The van der Waals surface area contributed by atoms with Gasteiger partial charge in [0.2, 0.25) is 5.67 Å². The van der Waals surface area contributed by atoms with Crippen molar-refractivity contribution in [2.45, 2.75) is 81.2 Å². The minimum atomic E-state index is -5.16. The number of benzene rings is 2. The Morgan fingerprint density at radius 2 is 1.82 bits per heavy atom. The predicted octanol–water partition coefficient (Wildman–Crippen LogP) is 4.85. The monoisotopic (exact) mass is 588 g/mol. The Hall–Kier alpha value is -2.53. The molecule has 3 atom stereocenters. The summed E-state index contributed by atoms with van der Waals surface area (Å²) in [4.78, 5) is 15.3. The van der Waals surface area contributed by atoms with Crippen molar-refractivity contribution in [3.8, 4) is 0 Å². The molecule has 0 radical (unpaired) electrons. The minimum Gasteiger partial charge on any atom is -0.380 e. The lowest BCUT2D eigenvalue weighted by atomic mass is 9.63. The molecule has 0 aromatic heterocycles. The number of aliphatic hydroxyl groups is 1. The van der Waals surface area contributed by atoms with E-state index in [0.29, 0.717) is 23.6 Å². The standard InChI is InChI=1S/C29H32F5NO4S/c1-18-15-19(3-7-23(18)30)17-27-9-12-35(25(36)28(37)10-13-40(38,39)14-11-28)24(27)8-4-20-16-21(5-6-22(20)27)26(2,31)29(32,33)34/h3,5-7,15-16,24,37H,4,8-14,17H2,1-2H3/i1D3. The second kappa shape index (κ2) is 9.51. The van der Waals surface area contributed by atoms with Crippen molar-refractivity contribution >= 4 is 15.7 Å². The van der Waals surface area contributed by atoms with E-state index < -0.39 is 68.4 Å². The van der Waals surface area contributed by atoms with Crippen LogP contribution in [-0.2, 0) is 38.6 Å². The van der Waals surface area contributed by atoms with E-state index in [1.54, 1.807) is 0 Å². The van der Waals surface area contributed by atoms with Crippen LogP contribution in [0.5, 0.6) is 0 Å². The van der Waals surface area contributed by atoms with E-state index in [1.165, 1.54) is 29.2 Å². The molecule has 2 aromatic carbocycles. The van der Waals surface area contributed by atoms with Gasteiger partial charge in [-0.2, -0.15) is 13.2 Å². The number of amides is 1. The molecule has 1 N–H and O–H groups in total. The van der Waals surface area contributed by atoms with E-state index >= 15 is 0 Å². The third-order valence-electron chi connectivity index (χ3n) is 9.08. The van der Waals surface area contributed by atoms with Crippen LogP contribution in [0.4, 0.5) is 22.0 Å². The largest absolute Gasteiger partial charge is 0.426 e. The average Bonchev–Trinajstić information content (AvgIpc) is 3.28. The van der Waals surface area contributed by atoms with E-state index in [4.69, 9.17) is 4.11 Å². The Kier molecular flexibility index (Phi) is 5.99. The molecule has 2 aliphatic heterocycles. The van der Waals surface area contributed by atoms with Gasteiger partial charge in [-0.3, -0.25) is 4.79 Å². The third kappa shape index (κ3) is 4.72. The molecule has 218 valence electrons. The van der Waals surface area contributed by atoms with Crippen LogP contribution in [0.15, 0.2) is 36.4 Å². The van der Waals surface area contributed by atoms with Crippen LogP contribution in [0.1, 0.15) is 64.5 Å². The molecule has 5 nitrogen and oxygen atoms in total. The second-order valence-corrected chi connectivity index (χ2v) is 13.8. The smallest absolute Gasteiger partial charge is 0.380 e. The number of hydrogen-bond donors (Lipinski definition) is 1. The zero-order valence-corrected chi connectivity index (χ0v) is 22.6. The highest BCUT2D eigenvalue weighted by Gasteiger charge is 2.57. The van der Waals surface area contributed by atoms with Crippen molar-refractivity contribution in [3.05, 3.63) is 70.0 Å². The highest BCUT2D eigenvalue weighted by atomic mass is 32.2. The molecule has 2 heterocycles. The van der Waals surface area contributed by atoms with Gasteiger partial charge in [-0.05, 0) is 86.2 Å². The summed E-state index contributed by atoms with van der Waals surface area (Å²) in [5.41, 5.74) is -6.10. The molecule has 1 aliphatic carbocycles. The molecule has 2 fully saturated rings. The molecular weight excluding hydrogens is 553 g/mol. The molecule has 2 saturated heterocycles. The summed E-state index contributed by atoms with van der Waals surface area (Å²) in [5.74, 6) is -2.25. The van der Waals surface area contributed by atoms with Gasteiger partial charge >= 0.3 is 6.18 Å². The number of rotatable bonds is 4. The van der Waals surface area contributed by atoms with Crippen LogP contribution < -0.4 is 0 Å². The fraction of sp³-hybridized carbons (Fsp3) is 0.552. The van der Waals surface area contributed by atoms with Gasteiger partial charge in [0.05, 0.1) is 11.5 Å². The first kappa shape index (κ1) is 25.2. The van der Waals surface area contributed by atoms with Crippen molar-refractivity contribution in [2.75, 3.05) is 18.1 Å². The van der Waals surface area contributed by atoms with Gasteiger partial charge in [0.15, 0.2) is 9.84 Å². The number of carbonyl (C=O) groups excluding carboxylic acids is 1. The summed E-state index contributed by atoms with van der Waals surface area (Å²) >= 11 is 0. The highest BCUT2D eigenvalue weighted by molar-refractivity contribution is 7.91. The number of carbonyl (C=O) groups is 1. The summed E-state index contributed by atoms with van der Waals surface area (Å²) in [6.45, 7) is -2.16. The van der Waals surface area contributed by atoms with Gasteiger partial charge in [0.1, 0.15) is 11.4 Å². The van der Waals surface area contributed by atoms with E-state index in [9.17, 15) is 40.3 Å². The fourth-order valence-corrected chi connectivity index (χ4v) is 8.17. The Labute approximate surface area is 234 Å². The molecule has 0 saturated carbocycles. The van der Waals surface area contributed by atoms with E-state index in [1.807, 2.05) is 0 Å². The molecule has 40 heavy (non-hydrogen) atoms. The van der Waals surface area contributed by atoms with Gasteiger partial charge in [-0.1, -0.05) is 30.3 Å². The summed E-state index contributed by atoms with van der Waals surface area (Å²) < 4.78 is 117. The number of aryl methyl sites for hydroxylation is 2. The van der Waals surface area contributed by atoms with Gasteiger partial charge in [-0.15, -0.1) is 0 Å². The summed E-state index contributed by atoms with van der Waals surface area (Å²) in [5, 5.41) is 11.2. The van der Waals surface area contributed by atoms with Crippen molar-refractivity contribution in [3.63, 3.8) is 0 Å². The van der Waals surface area contributed by atoms with Crippen LogP contribution in [0.2, 0.25) is 0 Å². The van der Waals surface area contributed by atoms with E-state index in [-0.39, 0.29) is 56.6 Å². The number of hydrogen-bond acceptors (Lipinski definition) is 4. The van der Waals surface area contributed by atoms with Crippen LogP contribution in [-0.4, -0.2) is 60.2 Å². The maximum atomic E-state index is 14.9. The minimum absolute atomic E-state index is 0.0934. The van der Waals surface area contributed by atoms with Crippen molar-refractivity contribution in [1.82, 2.24) is 4.90 Å². The number of likely N-dealkylation sites (tertiary alicyclic amines) is 1. The molecule has 5 rings (SSSR count). The quantitative estimate of drug-likeness (QED) is 0.519. The van der Waals surface area contributed by atoms with E-state index in [2.05, 4.69) is 0 Å². The number of sulfone groups is 1. The number of fused-ring (bicyclic) bond motifs is 3. The second-order valence-electron chi connectivity index (χ2n) is 11.5. The van der Waals surface area contributed by atoms with Crippen LogP contribution in [0.25, 0.3) is 0 Å². The molecule has 11 heteroatoms. The van der Waals surface area contributed by atoms with Gasteiger partial charge in [0, 0.05) is 22.1 Å². The summed E-state index contributed by atoms with van der Waals surface area (Å²) in [6.07, 6.45) is -4.88. The Morgan fingerprint density at radius 1 is 1.12 bits per heavy atom.